The molecule has 1 aliphatic rings. The maximum absolute atomic E-state index is 12.2. The zero-order valence-electron chi connectivity index (χ0n) is 16.0. The first-order valence-corrected chi connectivity index (χ1v) is 9.54. The Morgan fingerprint density at radius 3 is 2.85 bits per heavy atom. The lowest BCUT2D eigenvalue weighted by Gasteiger charge is -2.35. The number of ether oxygens (including phenoxy) is 1. The van der Waals surface area contributed by atoms with Gasteiger partial charge in [-0.05, 0) is 50.5 Å². The Morgan fingerprint density at radius 1 is 1.30 bits per heavy atom. The van der Waals surface area contributed by atoms with Gasteiger partial charge in [0.25, 0.3) is 0 Å². The molecule has 0 radical (unpaired) electrons. The van der Waals surface area contributed by atoms with Crippen molar-refractivity contribution in [3.8, 4) is 17.2 Å². The van der Waals surface area contributed by atoms with Crippen LogP contribution in [0.4, 0.5) is 5.69 Å². The van der Waals surface area contributed by atoms with E-state index in [0.717, 1.165) is 52.9 Å². The highest BCUT2D eigenvalue weighted by Gasteiger charge is 2.30. The summed E-state index contributed by atoms with van der Waals surface area (Å²) in [5, 5.41) is 0. The molecule has 140 valence electrons. The summed E-state index contributed by atoms with van der Waals surface area (Å²) in [6, 6.07) is 11.9. The predicted octanol–water partition coefficient (Wildman–Crippen LogP) is 4.97. The average molecular weight is 364 g/mol. The van der Waals surface area contributed by atoms with Gasteiger partial charge < -0.3 is 14.1 Å². The van der Waals surface area contributed by atoms with Crippen LogP contribution < -0.4 is 9.64 Å². The summed E-state index contributed by atoms with van der Waals surface area (Å²) in [5.41, 5.74) is 4.43. The number of hydrogen-bond donors (Lipinski definition) is 0. The van der Waals surface area contributed by atoms with Gasteiger partial charge in [0.15, 0.2) is 5.58 Å². The molecule has 0 fully saturated rings. The van der Waals surface area contributed by atoms with Gasteiger partial charge in [-0.2, -0.15) is 0 Å². The van der Waals surface area contributed by atoms with Crippen molar-refractivity contribution < 1.29 is 13.9 Å². The summed E-state index contributed by atoms with van der Waals surface area (Å²) in [4.78, 5) is 18.7. The second-order valence-electron chi connectivity index (χ2n) is 7.05. The summed E-state index contributed by atoms with van der Waals surface area (Å²) in [5.74, 6) is 1.40. The van der Waals surface area contributed by atoms with Gasteiger partial charge in [-0.3, -0.25) is 4.79 Å². The van der Waals surface area contributed by atoms with Gasteiger partial charge in [0, 0.05) is 18.5 Å². The molecule has 0 aliphatic carbocycles. The smallest absolute Gasteiger partial charge is 0.231 e. The minimum Gasteiger partial charge on any atom is -0.492 e. The number of fused-ring (bicyclic) bond motifs is 2. The zero-order chi connectivity index (χ0) is 19.0. The van der Waals surface area contributed by atoms with E-state index in [1.807, 2.05) is 41.3 Å². The number of benzene rings is 2. The lowest BCUT2D eigenvalue weighted by molar-refractivity contribution is -0.117. The number of para-hydroxylation sites is 2. The number of hydrogen-bond acceptors (Lipinski definition) is 4. The first kappa shape index (κ1) is 17.6. The third kappa shape index (κ3) is 3.07. The van der Waals surface area contributed by atoms with Crippen molar-refractivity contribution in [2.75, 3.05) is 11.5 Å². The van der Waals surface area contributed by atoms with Crippen LogP contribution in [-0.2, 0) is 11.2 Å². The van der Waals surface area contributed by atoms with Gasteiger partial charge in [0.2, 0.25) is 11.8 Å². The standard InChI is InChI=1S/C22H24N2O3/c1-4-13-26-21-16-10-9-14(2)24(15(3)25)19(16)12-11-17(21)22-23-18-7-5-6-8-20(18)27-22/h5-8,11-12,14H,4,9-10,13H2,1-3H3/t14-/m0/s1. The van der Waals surface area contributed by atoms with Crippen molar-refractivity contribution in [1.82, 2.24) is 4.98 Å². The van der Waals surface area contributed by atoms with Crippen molar-refractivity contribution in [1.29, 1.82) is 0 Å². The summed E-state index contributed by atoms with van der Waals surface area (Å²) < 4.78 is 12.1. The van der Waals surface area contributed by atoms with Crippen molar-refractivity contribution in [3.63, 3.8) is 0 Å². The third-order valence-corrected chi connectivity index (χ3v) is 5.06. The molecular weight excluding hydrogens is 340 g/mol. The van der Waals surface area contributed by atoms with Crippen LogP contribution in [-0.4, -0.2) is 23.5 Å². The molecule has 0 saturated heterocycles. The maximum Gasteiger partial charge on any atom is 0.231 e. The predicted molar refractivity (Wildman–Crippen MR) is 106 cm³/mol. The monoisotopic (exact) mass is 364 g/mol. The number of carbonyl (C=O) groups is 1. The topological polar surface area (TPSA) is 55.6 Å². The Hall–Kier alpha value is -2.82. The number of amides is 1. The molecule has 2 aromatic carbocycles. The fourth-order valence-electron chi connectivity index (χ4n) is 3.81. The number of anilines is 1. The molecule has 1 amide bonds. The SMILES string of the molecule is CCCOc1c(-c2nc3ccccc3o2)ccc2c1CC[C@H](C)N2C(C)=O. The molecule has 5 heteroatoms. The van der Waals surface area contributed by atoms with Crippen molar-refractivity contribution >= 4 is 22.7 Å². The van der Waals surface area contributed by atoms with Crippen molar-refractivity contribution in [3.05, 3.63) is 42.0 Å². The zero-order valence-corrected chi connectivity index (χ0v) is 16.0. The Kier molecular flexibility index (Phi) is 4.60. The maximum atomic E-state index is 12.2. The first-order valence-electron chi connectivity index (χ1n) is 9.54. The van der Waals surface area contributed by atoms with Crippen molar-refractivity contribution in [2.24, 2.45) is 0 Å². The molecular formula is C22H24N2O3. The van der Waals surface area contributed by atoms with E-state index in [-0.39, 0.29) is 11.9 Å². The quantitative estimate of drug-likeness (QED) is 0.656. The van der Waals surface area contributed by atoms with Crippen LogP contribution in [0.3, 0.4) is 0 Å². The Morgan fingerprint density at radius 2 is 2.11 bits per heavy atom. The van der Waals surface area contributed by atoms with Gasteiger partial charge in [0.1, 0.15) is 11.3 Å². The van der Waals surface area contributed by atoms with Gasteiger partial charge in [0.05, 0.1) is 17.9 Å². The molecule has 1 aromatic heterocycles. The molecule has 4 rings (SSSR count). The van der Waals surface area contributed by atoms with Crippen LogP contribution in [0, 0.1) is 0 Å². The number of aromatic nitrogens is 1. The van der Waals surface area contributed by atoms with Crippen LogP contribution in [0.15, 0.2) is 40.8 Å². The fraction of sp³-hybridized carbons (Fsp3) is 0.364. The summed E-state index contributed by atoms with van der Waals surface area (Å²) in [7, 11) is 0. The third-order valence-electron chi connectivity index (χ3n) is 5.06. The minimum atomic E-state index is 0.0551. The molecule has 1 aliphatic heterocycles. The van der Waals surface area contributed by atoms with Gasteiger partial charge >= 0.3 is 0 Å². The molecule has 3 aromatic rings. The van der Waals surface area contributed by atoms with Crippen LogP contribution in [0.1, 0.15) is 39.2 Å². The van der Waals surface area contributed by atoms with E-state index >= 15 is 0 Å². The molecule has 0 spiro atoms. The van der Waals surface area contributed by atoms with Crippen LogP contribution in [0.5, 0.6) is 5.75 Å². The highest BCUT2D eigenvalue weighted by atomic mass is 16.5. The molecule has 0 unspecified atom stereocenters. The van der Waals surface area contributed by atoms with E-state index in [4.69, 9.17) is 9.15 Å². The molecule has 5 nitrogen and oxygen atoms in total. The Bertz CT molecular complexity index is 959. The first-order chi connectivity index (χ1) is 13.1. The minimum absolute atomic E-state index is 0.0551. The number of carbonyl (C=O) groups excluding carboxylic acids is 1. The van der Waals surface area contributed by atoms with Gasteiger partial charge in [-0.15, -0.1) is 0 Å². The van der Waals surface area contributed by atoms with E-state index in [2.05, 4.69) is 18.8 Å². The van der Waals surface area contributed by atoms with Gasteiger partial charge in [-0.1, -0.05) is 19.1 Å². The summed E-state index contributed by atoms with van der Waals surface area (Å²) in [6.07, 6.45) is 2.68. The van der Waals surface area contributed by atoms with Crippen LogP contribution in [0.2, 0.25) is 0 Å². The highest BCUT2D eigenvalue weighted by molar-refractivity contribution is 5.95. The van der Waals surface area contributed by atoms with E-state index in [1.54, 1.807) is 6.92 Å². The summed E-state index contributed by atoms with van der Waals surface area (Å²) >= 11 is 0. The molecule has 1 atom stereocenters. The normalized spacial score (nSPS) is 16.4. The Labute approximate surface area is 158 Å². The Balaban J connectivity index is 1.88. The largest absolute Gasteiger partial charge is 0.492 e. The second-order valence-corrected chi connectivity index (χ2v) is 7.05. The van der Waals surface area contributed by atoms with Gasteiger partial charge in [-0.25, -0.2) is 4.98 Å². The van der Waals surface area contributed by atoms with E-state index in [1.165, 1.54) is 0 Å². The molecule has 27 heavy (non-hydrogen) atoms. The fourth-order valence-corrected chi connectivity index (χ4v) is 3.81. The summed E-state index contributed by atoms with van der Waals surface area (Å²) in [6.45, 7) is 6.40. The number of nitrogens with zero attached hydrogens (tertiary/aromatic N) is 2. The molecule has 0 saturated carbocycles. The van der Waals surface area contributed by atoms with Crippen LogP contribution in [0.25, 0.3) is 22.6 Å². The highest BCUT2D eigenvalue weighted by Crippen LogP contribution is 2.43. The lowest BCUT2D eigenvalue weighted by atomic mass is 9.93. The van der Waals surface area contributed by atoms with E-state index < -0.39 is 0 Å². The molecule has 0 N–H and O–H groups in total. The second kappa shape index (κ2) is 7.06. The van der Waals surface area contributed by atoms with E-state index in [0.29, 0.717) is 12.5 Å². The molecule has 0 bridgehead atoms. The lowest BCUT2D eigenvalue weighted by Crippen LogP contribution is -2.40. The number of oxazole rings is 1. The average Bonchev–Trinajstić information content (AvgIpc) is 3.09. The molecule has 2 heterocycles. The number of rotatable bonds is 4. The van der Waals surface area contributed by atoms with E-state index in [9.17, 15) is 4.79 Å². The van der Waals surface area contributed by atoms with Crippen molar-refractivity contribution in [2.45, 2.75) is 46.1 Å². The van der Waals surface area contributed by atoms with Crippen LogP contribution >= 0.6 is 0 Å².